The standard InChI is InChI=1S/C14H20N4O3/c19-7-2-12(20)18-6-3-14(10-18)8-11(9-21-14)17-13-15-4-1-5-16-13/h1,4-5,11,19H,2-3,6-10H2,(H,15,16,17)/t11-,14+/m1/s1. The lowest BCUT2D eigenvalue weighted by molar-refractivity contribution is -0.131. The van der Waals surface area contributed by atoms with Crippen LogP contribution in [0.2, 0.25) is 0 Å². The van der Waals surface area contributed by atoms with E-state index < -0.39 is 0 Å². The van der Waals surface area contributed by atoms with Gasteiger partial charge < -0.3 is 20.1 Å². The predicted octanol–water partition coefficient (Wildman–Crippen LogP) is 0.0309. The molecule has 7 nitrogen and oxygen atoms in total. The number of hydrogen-bond acceptors (Lipinski definition) is 6. The molecule has 0 aliphatic carbocycles. The summed E-state index contributed by atoms with van der Waals surface area (Å²) >= 11 is 0. The van der Waals surface area contributed by atoms with Gasteiger partial charge in [-0.25, -0.2) is 9.97 Å². The van der Waals surface area contributed by atoms with Gasteiger partial charge in [0.2, 0.25) is 11.9 Å². The van der Waals surface area contributed by atoms with Crippen molar-refractivity contribution < 1.29 is 14.6 Å². The molecule has 114 valence electrons. The first-order valence-corrected chi connectivity index (χ1v) is 7.27. The summed E-state index contributed by atoms with van der Waals surface area (Å²) < 4.78 is 5.97. The van der Waals surface area contributed by atoms with E-state index in [0.29, 0.717) is 25.6 Å². The SMILES string of the molecule is O=C(CCO)N1CC[C@]2(C[C@@H](Nc3ncccn3)CO2)C1. The van der Waals surface area contributed by atoms with Crippen molar-refractivity contribution in [2.24, 2.45) is 0 Å². The molecule has 2 aliphatic heterocycles. The number of aliphatic hydroxyl groups is 1. The van der Waals surface area contributed by atoms with Crippen LogP contribution in [0.15, 0.2) is 18.5 Å². The Hall–Kier alpha value is -1.73. The van der Waals surface area contributed by atoms with E-state index in [-0.39, 0.29) is 30.6 Å². The maximum absolute atomic E-state index is 11.8. The summed E-state index contributed by atoms with van der Waals surface area (Å²) in [6, 6.07) is 1.94. The molecule has 21 heavy (non-hydrogen) atoms. The molecule has 0 unspecified atom stereocenters. The minimum atomic E-state index is -0.252. The van der Waals surface area contributed by atoms with Crippen molar-refractivity contribution in [1.82, 2.24) is 14.9 Å². The van der Waals surface area contributed by atoms with E-state index >= 15 is 0 Å². The number of carbonyl (C=O) groups excluding carboxylic acids is 1. The Labute approximate surface area is 123 Å². The fourth-order valence-electron chi connectivity index (χ4n) is 3.09. The summed E-state index contributed by atoms with van der Waals surface area (Å²) in [4.78, 5) is 21.9. The van der Waals surface area contributed by atoms with Gasteiger partial charge in [-0.2, -0.15) is 0 Å². The second kappa shape index (κ2) is 5.95. The van der Waals surface area contributed by atoms with Gasteiger partial charge in [0.25, 0.3) is 0 Å². The van der Waals surface area contributed by atoms with Gasteiger partial charge in [-0.05, 0) is 12.5 Å². The average Bonchev–Trinajstić information content (AvgIpc) is 3.08. The number of rotatable bonds is 4. The van der Waals surface area contributed by atoms with Crippen molar-refractivity contribution in [3.05, 3.63) is 18.5 Å². The number of anilines is 1. The Kier molecular flexibility index (Phi) is 4.03. The number of amides is 1. The van der Waals surface area contributed by atoms with Crippen LogP contribution >= 0.6 is 0 Å². The number of likely N-dealkylation sites (tertiary alicyclic amines) is 1. The summed E-state index contributed by atoms with van der Waals surface area (Å²) in [5, 5.41) is 12.1. The van der Waals surface area contributed by atoms with Gasteiger partial charge in [0.15, 0.2) is 0 Å². The molecule has 1 aromatic rings. The van der Waals surface area contributed by atoms with Crippen LogP contribution < -0.4 is 5.32 Å². The second-order valence-electron chi connectivity index (χ2n) is 5.65. The summed E-state index contributed by atoms with van der Waals surface area (Å²) in [6.07, 6.45) is 5.28. The van der Waals surface area contributed by atoms with Crippen LogP contribution in [0.3, 0.4) is 0 Å². The zero-order valence-corrected chi connectivity index (χ0v) is 11.9. The first-order valence-electron chi connectivity index (χ1n) is 7.27. The lowest BCUT2D eigenvalue weighted by Crippen LogP contribution is -2.36. The molecule has 1 aromatic heterocycles. The van der Waals surface area contributed by atoms with Crippen LogP contribution in [-0.4, -0.2) is 63.8 Å². The first kappa shape index (κ1) is 14.2. The Morgan fingerprint density at radius 3 is 3.10 bits per heavy atom. The molecule has 2 N–H and O–H groups in total. The van der Waals surface area contributed by atoms with Gasteiger partial charge in [0.05, 0.1) is 24.9 Å². The zero-order chi connectivity index (χ0) is 14.7. The van der Waals surface area contributed by atoms with Crippen LogP contribution in [0.1, 0.15) is 19.3 Å². The first-order chi connectivity index (χ1) is 10.2. The van der Waals surface area contributed by atoms with Crippen LogP contribution in [-0.2, 0) is 9.53 Å². The van der Waals surface area contributed by atoms with Gasteiger partial charge in [-0.15, -0.1) is 0 Å². The molecule has 0 saturated carbocycles. The van der Waals surface area contributed by atoms with Crippen molar-refractivity contribution in [3.63, 3.8) is 0 Å². The number of nitrogens with one attached hydrogen (secondary N) is 1. The highest BCUT2D eigenvalue weighted by Gasteiger charge is 2.46. The Bertz CT molecular complexity index is 498. The molecule has 2 fully saturated rings. The summed E-state index contributed by atoms with van der Waals surface area (Å²) in [7, 11) is 0. The molecular weight excluding hydrogens is 272 g/mol. The monoisotopic (exact) mass is 292 g/mol. The van der Waals surface area contributed by atoms with Gasteiger partial charge in [0.1, 0.15) is 0 Å². The van der Waals surface area contributed by atoms with E-state index in [2.05, 4.69) is 15.3 Å². The number of aliphatic hydroxyl groups excluding tert-OH is 1. The highest BCUT2D eigenvalue weighted by atomic mass is 16.5. The van der Waals surface area contributed by atoms with Gasteiger partial charge in [-0.3, -0.25) is 4.79 Å². The molecule has 2 saturated heterocycles. The molecule has 3 heterocycles. The quantitative estimate of drug-likeness (QED) is 0.814. The van der Waals surface area contributed by atoms with Crippen molar-refractivity contribution in [3.8, 4) is 0 Å². The molecule has 0 bridgehead atoms. The van der Waals surface area contributed by atoms with Crippen LogP contribution in [0.4, 0.5) is 5.95 Å². The molecule has 2 aliphatic rings. The maximum atomic E-state index is 11.8. The third kappa shape index (κ3) is 3.14. The average molecular weight is 292 g/mol. The van der Waals surface area contributed by atoms with Gasteiger partial charge in [-0.1, -0.05) is 0 Å². The summed E-state index contributed by atoms with van der Waals surface area (Å²) in [5.74, 6) is 0.607. The lowest BCUT2D eigenvalue weighted by Gasteiger charge is -2.23. The van der Waals surface area contributed by atoms with Gasteiger partial charge in [0, 0.05) is 38.3 Å². The third-order valence-corrected chi connectivity index (χ3v) is 4.10. The summed E-state index contributed by atoms with van der Waals surface area (Å²) in [5.41, 5.74) is -0.252. The highest BCUT2D eigenvalue weighted by Crippen LogP contribution is 2.36. The molecule has 3 rings (SSSR count). The van der Waals surface area contributed by atoms with Crippen molar-refractivity contribution in [2.75, 3.05) is 31.6 Å². The molecular formula is C14H20N4O3. The smallest absolute Gasteiger partial charge is 0.224 e. The van der Waals surface area contributed by atoms with E-state index in [4.69, 9.17) is 9.84 Å². The normalized spacial score (nSPS) is 28.2. The lowest BCUT2D eigenvalue weighted by atomic mass is 9.97. The fourth-order valence-corrected chi connectivity index (χ4v) is 3.09. The minimum absolute atomic E-state index is 0.000719. The second-order valence-corrected chi connectivity index (χ2v) is 5.65. The van der Waals surface area contributed by atoms with Gasteiger partial charge >= 0.3 is 0 Å². The highest BCUT2D eigenvalue weighted by molar-refractivity contribution is 5.76. The number of hydrogen-bond donors (Lipinski definition) is 2. The molecule has 1 amide bonds. The molecule has 7 heteroatoms. The predicted molar refractivity (Wildman–Crippen MR) is 75.6 cm³/mol. The minimum Gasteiger partial charge on any atom is -0.396 e. The number of aromatic nitrogens is 2. The van der Waals surface area contributed by atoms with Crippen LogP contribution in [0, 0.1) is 0 Å². The van der Waals surface area contributed by atoms with Crippen molar-refractivity contribution in [1.29, 1.82) is 0 Å². The molecule has 0 radical (unpaired) electrons. The van der Waals surface area contributed by atoms with E-state index in [0.717, 1.165) is 12.8 Å². The van der Waals surface area contributed by atoms with E-state index in [1.165, 1.54) is 0 Å². The summed E-state index contributed by atoms with van der Waals surface area (Å²) in [6.45, 7) is 1.81. The molecule has 2 atom stereocenters. The number of nitrogens with zero attached hydrogens (tertiary/aromatic N) is 3. The Morgan fingerprint density at radius 2 is 2.33 bits per heavy atom. The van der Waals surface area contributed by atoms with E-state index in [9.17, 15) is 4.79 Å². The van der Waals surface area contributed by atoms with E-state index in [1.54, 1.807) is 23.4 Å². The van der Waals surface area contributed by atoms with Crippen molar-refractivity contribution >= 4 is 11.9 Å². The Morgan fingerprint density at radius 1 is 1.52 bits per heavy atom. The number of ether oxygens (including phenoxy) is 1. The topological polar surface area (TPSA) is 87.6 Å². The number of carbonyl (C=O) groups is 1. The zero-order valence-electron chi connectivity index (χ0n) is 11.9. The van der Waals surface area contributed by atoms with Crippen LogP contribution in [0.25, 0.3) is 0 Å². The third-order valence-electron chi connectivity index (χ3n) is 4.10. The van der Waals surface area contributed by atoms with Crippen LogP contribution in [0.5, 0.6) is 0 Å². The largest absolute Gasteiger partial charge is 0.396 e. The maximum Gasteiger partial charge on any atom is 0.224 e. The van der Waals surface area contributed by atoms with E-state index in [1.807, 2.05) is 0 Å². The Balaban J connectivity index is 1.56. The van der Waals surface area contributed by atoms with Crippen molar-refractivity contribution in [2.45, 2.75) is 30.9 Å². The fraction of sp³-hybridized carbons (Fsp3) is 0.643. The molecule has 1 spiro atoms. The molecule has 0 aromatic carbocycles.